The largest absolute Gasteiger partial charge is 0.495 e. The number of halogens is 1. The maximum atomic E-state index is 12.7. The Kier molecular flexibility index (Phi) is 6.72. The van der Waals surface area contributed by atoms with Crippen LogP contribution in [0.5, 0.6) is 5.75 Å². The van der Waals surface area contributed by atoms with Crippen LogP contribution >= 0.6 is 11.6 Å². The SMILES string of the molecule is COc1ccc(Cl)cc1NC(=O)[C@H](C)[NH+]1CC[NH+](Cc2ccccc2)CC1. The molecule has 2 aromatic carbocycles. The van der Waals surface area contributed by atoms with Crippen molar-refractivity contribution in [2.75, 3.05) is 38.6 Å². The molecule has 1 saturated heterocycles. The second-order valence-corrected chi connectivity index (χ2v) is 7.56. The molecule has 1 amide bonds. The fraction of sp³-hybridized carbons (Fsp3) is 0.381. The van der Waals surface area contributed by atoms with Crippen molar-refractivity contribution >= 4 is 23.2 Å². The Hall–Kier alpha value is -2.08. The molecule has 0 spiro atoms. The monoisotopic (exact) mass is 389 g/mol. The number of benzene rings is 2. The first-order chi connectivity index (χ1) is 13.1. The van der Waals surface area contributed by atoms with E-state index in [0.717, 1.165) is 32.7 Å². The van der Waals surface area contributed by atoms with Gasteiger partial charge in [0.15, 0.2) is 6.04 Å². The van der Waals surface area contributed by atoms with Gasteiger partial charge in [-0.2, -0.15) is 0 Å². The van der Waals surface area contributed by atoms with E-state index in [1.54, 1.807) is 30.2 Å². The number of methoxy groups -OCH3 is 1. The first-order valence-electron chi connectivity index (χ1n) is 9.43. The van der Waals surface area contributed by atoms with Gasteiger partial charge in [0.2, 0.25) is 0 Å². The summed E-state index contributed by atoms with van der Waals surface area (Å²) in [6.07, 6.45) is 0. The molecule has 3 N–H and O–H groups in total. The van der Waals surface area contributed by atoms with Crippen LogP contribution in [0.3, 0.4) is 0 Å². The number of carbonyl (C=O) groups excluding carboxylic acids is 1. The molecule has 0 unspecified atom stereocenters. The second kappa shape index (κ2) is 9.22. The molecule has 144 valence electrons. The van der Waals surface area contributed by atoms with Crippen LogP contribution in [0, 0.1) is 0 Å². The number of ether oxygens (including phenoxy) is 1. The minimum Gasteiger partial charge on any atom is -0.495 e. The molecule has 0 saturated carbocycles. The zero-order valence-corrected chi connectivity index (χ0v) is 16.7. The van der Waals surface area contributed by atoms with Crippen molar-refractivity contribution in [3.05, 3.63) is 59.1 Å². The van der Waals surface area contributed by atoms with Crippen LogP contribution in [-0.2, 0) is 11.3 Å². The van der Waals surface area contributed by atoms with E-state index in [2.05, 4.69) is 35.6 Å². The summed E-state index contributed by atoms with van der Waals surface area (Å²) in [4.78, 5) is 15.6. The van der Waals surface area contributed by atoms with Crippen molar-refractivity contribution in [1.82, 2.24) is 0 Å². The van der Waals surface area contributed by atoms with Crippen molar-refractivity contribution < 1.29 is 19.3 Å². The Morgan fingerprint density at radius 1 is 1.15 bits per heavy atom. The third-order valence-corrected chi connectivity index (χ3v) is 5.56. The summed E-state index contributed by atoms with van der Waals surface area (Å²) < 4.78 is 5.31. The summed E-state index contributed by atoms with van der Waals surface area (Å²) in [5.74, 6) is 0.615. The Labute approximate surface area is 165 Å². The third-order valence-electron chi connectivity index (χ3n) is 5.32. The van der Waals surface area contributed by atoms with E-state index in [9.17, 15) is 4.79 Å². The van der Waals surface area contributed by atoms with Gasteiger partial charge in [0, 0.05) is 10.6 Å². The lowest BCUT2D eigenvalue weighted by Gasteiger charge is -2.32. The summed E-state index contributed by atoms with van der Waals surface area (Å²) >= 11 is 6.05. The first kappa shape index (κ1) is 19.7. The second-order valence-electron chi connectivity index (χ2n) is 7.13. The zero-order chi connectivity index (χ0) is 19.2. The minimum absolute atomic E-state index is 0.00271. The molecule has 1 fully saturated rings. The van der Waals surface area contributed by atoms with Crippen molar-refractivity contribution in [3.8, 4) is 5.75 Å². The first-order valence-corrected chi connectivity index (χ1v) is 9.81. The Bertz CT molecular complexity index is 761. The van der Waals surface area contributed by atoms with Gasteiger partial charge in [-0.25, -0.2) is 0 Å². The van der Waals surface area contributed by atoms with Gasteiger partial charge in [-0.15, -0.1) is 0 Å². The summed E-state index contributed by atoms with van der Waals surface area (Å²) in [5.41, 5.74) is 1.99. The number of anilines is 1. The van der Waals surface area contributed by atoms with Gasteiger partial charge in [0.1, 0.15) is 38.5 Å². The zero-order valence-electron chi connectivity index (χ0n) is 15.9. The lowest BCUT2D eigenvalue weighted by molar-refractivity contribution is -1.02. The van der Waals surface area contributed by atoms with Gasteiger partial charge in [-0.3, -0.25) is 4.79 Å². The van der Waals surface area contributed by atoms with Crippen LogP contribution in [-0.4, -0.2) is 45.2 Å². The van der Waals surface area contributed by atoms with Gasteiger partial charge in [0.25, 0.3) is 5.91 Å². The lowest BCUT2D eigenvalue weighted by Crippen LogP contribution is -3.29. The van der Waals surface area contributed by atoms with E-state index < -0.39 is 0 Å². The van der Waals surface area contributed by atoms with Crippen molar-refractivity contribution in [2.45, 2.75) is 19.5 Å². The predicted molar refractivity (Wildman–Crippen MR) is 108 cm³/mol. The smallest absolute Gasteiger partial charge is 0.282 e. The molecule has 0 radical (unpaired) electrons. The average Bonchev–Trinajstić information content (AvgIpc) is 2.69. The van der Waals surface area contributed by atoms with Crippen LogP contribution in [0.15, 0.2) is 48.5 Å². The van der Waals surface area contributed by atoms with Crippen LogP contribution in [0.4, 0.5) is 5.69 Å². The minimum atomic E-state index is -0.119. The standard InChI is InChI=1S/C21H26ClN3O2/c1-16(21(26)23-19-14-18(22)8-9-20(19)27-2)25-12-10-24(11-13-25)15-17-6-4-3-5-7-17/h3-9,14,16H,10-13,15H2,1-2H3,(H,23,26)/p+2/t16-/m0/s1. The molecule has 6 heteroatoms. The lowest BCUT2D eigenvalue weighted by atomic mass is 10.1. The van der Waals surface area contributed by atoms with E-state index in [4.69, 9.17) is 16.3 Å². The highest BCUT2D eigenvalue weighted by molar-refractivity contribution is 6.31. The van der Waals surface area contributed by atoms with E-state index in [1.807, 2.05) is 6.92 Å². The van der Waals surface area contributed by atoms with Crippen molar-refractivity contribution in [1.29, 1.82) is 0 Å². The molecule has 0 bridgehead atoms. The Morgan fingerprint density at radius 2 is 1.85 bits per heavy atom. The molecular formula is C21H28ClN3O2+2. The topological polar surface area (TPSA) is 47.2 Å². The summed E-state index contributed by atoms with van der Waals surface area (Å²) in [6, 6.07) is 15.7. The molecule has 0 aromatic heterocycles. The van der Waals surface area contributed by atoms with Crippen LogP contribution in [0.2, 0.25) is 5.02 Å². The molecule has 1 aliphatic heterocycles. The number of carbonyl (C=O) groups is 1. The average molecular weight is 390 g/mol. The fourth-order valence-corrected chi connectivity index (χ4v) is 3.80. The predicted octanol–water partition coefficient (Wildman–Crippen LogP) is 0.659. The van der Waals surface area contributed by atoms with Gasteiger partial charge >= 0.3 is 0 Å². The van der Waals surface area contributed by atoms with Gasteiger partial charge in [-0.05, 0) is 25.1 Å². The molecule has 5 nitrogen and oxygen atoms in total. The Morgan fingerprint density at radius 3 is 2.52 bits per heavy atom. The summed E-state index contributed by atoms with van der Waals surface area (Å²) in [7, 11) is 1.59. The highest BCUT2D eigenvalue weighted by Gasteiger charge is 2.31. The molecule has 0 aliphatic carbocycles. The molecular weight excluding hydrogens is 362 g/mol. The van der Waals surface area contributed by atoms with E-state index >= 15 is 0 Å². The molecule has 1 aliphatic rings. The van der Waals surface area contributed by atoms with Crippen molar-refractivity contribution in [3.63, 3.8) is 0 Å². The number of nitrogens with one attached hydrogen (secondary N) is 3. The normalized spacial score (nSPS) is 20.7. The maximum absolute atomic E-state index is 12.7. The Balaban J connectivity index is 1.53. The highest BCUT2D eigenvalue weighted by Crippen LogP contribution is 2.27. The maximum Gasteiger partial charge on any atom is 0.282 e. The fourth-order valence-electron chi connectivity index (χ4n) is 3.62. The summed E-state index contributed by atoms with van der Waals surface area (Å²) in [5, 5.41) is 3.55. The number of hydrogen-bond acceptors (Lipinski definition) is 2. The van der Waals surface area contributed by atoms with E-state index in [0.29, 0.717) is 16.5 Å². The highest BCUT2D eigenvalue weighted by atomic mass is 35.5. The third kappa shape index (κ3) is 5.22. The van der Waals surface area contributed by atoms with Crippen LogP contribution in [0.1, 0.15) is 12.5 Å². The van der Waals surface area contributed by atoms with Gasteiger partial charge < -0.3 is 19.9 Å². The van der Waals surface area contributed by atoms with Gasteiger partial charge in [-0.1, -0.05) is 41.9 Å². The number of hydrogen-bond donors (Lipinski definition) is 3. The molecule has 3 rings (SSSR count). The van der Waals surface area contributed by atoms with E-state index in [-0.39, 0.29) is 11.9 Å². The van der Waals surface area contributed by atoms with Crippen molar-refractivity contribution in [2.24, 2.45) is 0 Å². The number of rotatable bonds is 6. The van der Waals surface area contributed by atoms with Crippen LogP contribution < -0.4 is 19.9 Å². The molecule has 1 atom stereocenters. The number of piperazine rings is 1. The number of amides is 1. The molecule has 2 aromatic rings. The quantitative estimate of drug-likeness (QED) is 0.679. The molecule has 27 heavy (non-hydrogen) atoms. The van der Waals surface area contributed by atoms with E-state index in [1.165, 1.54) is 10.5 Å². The van der Waals surface area contributed by atoms with Crippen LogP contribution in [0.25, 0.3) is 0 Å². The summed E-state index contributed by atoms with van der Waals surface area (Å²) in [6.45, 7) is 7.16. The molecule has 1 heterocycles. The number of quaternary nitrogens is 2. The van der Waals surface area contributed by atoms with Gasteiger partial charge in [0.05, 0.1) is 12.8 Å².